The molecule has 3 nitrogen and oxygen atoms in total. The molecule has 0 bridgehead atoms. The summed E-state index contributed by atoms with van der Waals surface area (Å²) in [6.45, 7) is 1.97. The van der Waals surface area contributed by atoms with Gasteiger partial charge in [-0.15, -0.1) is 0 Å². The van der Waals surface area contributed by atoms with Gasteiger partial charge in [-0.3, -0.25) is 9.78 Å². The average Bonchev–Trinajstić information content (AvgIpc) is 2.85. The van der Waals surface area contributed by atoms with Crippen LogP contribution in [0.15, 0.2) is 53.3 Å². The molecular weight excluding hydrogens is 238 g/mol. The summed E-state index contributed by atoms with van der Waals surface area (Å²) in [6.07, 6.45) is 3.60. The highest BCUT2D eigenvalue weighted by Crippen LogP contribution is 2.21. The molecule has 2 heterocycles. The Morgan fingerprint density at radius 1 is 1.21 bits per heavy atom. The van der Waals surface area contributed by atoms with E-state index >= 15 is 0 Å². The minimum atomic E-state index is 0.0290. The summed E-state index contributed by atoms with van der Waals surface area (Å²) in [6, 6.07) is 11.4. The number of carbonyl (C=O) groups excluding carboxylic acids is 1. The summed E-state index contributed by atoms with van der Waals surface area (Å²) >= 11 is 0. The van der Waals surface area contributed by atoms with Crippen molar-refractivity contribution in [2.45, 2.75) is 13.3 Å². The molecule has 1 aromatic carbocycles. The Labute approximate surface area is 110 Å². The molecule has 0 aliphatic heterocycles. The third-order valence-electron chi connectivity index (χ3n) is 3.10. The van der Waals surface area contributed by atoms with Crippen LogP contribution >= 0.6 is 0 Å². The highest BCUT2D eigenvalue weighted by atomic mass is 16.3. The molecule has 0 radical (unpaired) electrons. The summed E-state index contributed by atoms with van der Waals surface area (Å²) in [7, 11) is 0. The number of para-hydroxylation sites is 1. The molecule has 0 fully saturated rings. The Morgan fingerprint density at radius 3 is 2.84 bits per heavy atom. The molecule has 0 unspecified atom stereocenters. The van der Waals surface area contributed by atoms with E-state index in [0.717, 1.165) is 22.2 Å². The molecule has 3 rings (SSSR count). The summed E-state index contributed by atoms with van der Waals surface area (Å²) < 4.78 is 5.39. The van der Waals surface area contributed by atoms with Gasteiger partial charge in [0.05, 0.1) is 12.0 Å². The fourth-order valence-electron chi connectivity index (χ4n) is 2.06. The molecule has 94 valence electrons. The van der Waals surface area contributed by atoms with Crippen LogP contribution in [0, 0.1) is 6.92 Å². The van der Waals surface area contributed by atoms with Gasteiger partial charge in [-0.1, -0.05) is 24.3 Å². The van der Waals surface area contributed by atoms with Crippen molar-refractivity contribution >= 4 is 16.8 Å². The Bertz CT molecular complexity index is 726. The lowest BCUT2D eigenvalue weighted by molar-refractivity contribution is 0.0992. The van der Waals surface area contributed by atoms with Crippen LogP contribution in [0.4, 0.5) is 0 Å². The topological polar surface area (TPSA) is 43.1 Å². The molecule has 0 spiro atoms. The molecule has 3 aromatic rings. The first-order chi connectivity index (χ1) is 9.24. The molecule has 0 saturated heterocycles. The van der Waals surface area contributed by atoms with Gasteiger partial charge in [-0.25, -0.2) is 0 Å². The average molecular weight is 251 g/mol. The van der Waals surface area contributed by atoms with E-state index in [-0.39, 0.29) is 5.78 Å². The van der Waals surface area contributed by atoms with Crippen molar-refractivity contribution in [2.24, 2.45) is 0 Å². The second kappa shape index (κ2) is 4.69. The number of carbonyl (C=O) groups is 1. The van der Waals surface area contributed by atoms with Gasteiger partial charge in [0.25, 0.3) is 0 Å². The second-order valence-electron chi connectivity index (χ2n) is 4.57. The number of hydrogen-bond acceptors (Lipinski definition) is 3. The highest BCUT2D eigenvalue weighted by molar-refractivity contribution is 6.07. The SMILES string of the molecule is Cc1ccc(CC(=O)c2coc3ccccc23)nc1. The molecule has 0 aliphatic carbocycles. The zero-order valence-electron chi connectivity index (χ0n) is 10.6. The van der Waals surface area contributed by atoms with Crippen LogP contribution in [0.5, 0.6) is 0 Å². The van der Waals surface area contributed by atoms with E-state index in [4.69, 9.17) is 4.42 Å². The number of aryl methyl sites for hydroxylation is 1. The number of rotatable bonds is 3. The lowest BCUT2D eigenvalue weighted by Gasteiger charge is -1.99. The minimum Gasteiger partial charge on any atom is -0.464 e. The number of fused-ring (bicyclic) bond motifs is 1. The molecule has 0 aliphatic rings. The lowest BCUT2D eigenvalue weighted by Crippen LogP contribution is -2.04. The zero-order valence-corrected chi connectivity index (χ0v) is 10.6. The van der Waals surface area contributed by atoms with Crippen LogP contribution in [-0.2, 0) is 6.42 Å². The quantitative estimate of drug-likeness (QED) is 0.668. The van der Waals surface area contributed by atoms with E-state index in [1.54, 1.807) is 6.20 Å². The Hall–Kier alpha value is -2.42. The van der Waals surface area contributed by atoms with Gasteiger partial charge in [-0.2, -0.15) is 0 Å². The van der Waals surface area contributed by atoms with Gasteiger partial charge in [0.1, 0.15) is 11.8 Å². The van der Waals surface area contributed by atoms with Crippen molar-refractivity contribution in [1.29, 1.82) is 0 Å². The van der Waals surface area contributed by atoms with E-state index in [0.29, 0.717) is 12.0 Å². The summed E-state index contributed by atoms with van der Waals surface area (Å²) in [4.78, 5) is 16.5. The van der Waals surface area contributed by atoms with E-state index in [1.165, 1.54) is 6.26 Å². The maximum absolute atomic E-state index is 12.3. The molecule has 19 heavy (non-hydrogen) atoms. The molecule has 0 atom stereocenters. The van der Waals surface area contributed by atoms with Crippen LogP contribution in [0.25, 0.3) is 11.0 Å². The molecule has 0 N–H and O–H groups in total. The lowest BCUT2D eigenvalue weighted by atomic mass is 10.1. The van der Waals surface area contributed by atoms with Gasteiger partial charge >= 0.3 is 0 Å². The number of Topliss-reactive ketones (excluding diaryl/α,β-unsaturated/α-hetero) is 1. The number of hydrogen-bond donors (Lipinski definition) is 0. The maximum atomic E-state index is 12.3. The number of furan rings is 1. The molecule has 0 saturated carbocycles. The Morgan fingerprint density at radius 2 is 2.05 bits per heavy atom. The normalized spacial score (nSPS) is 10.8. The van der Waals surface area contributed by atoms with Crippen LogP contribution in [0.3, 0.4) is 0 Å². The first-order valence-electron chi connectivity index (χ1n) is 6.15. The van der Waals surface area contributed by atoms with Crippen molar-refractivity contribution in [2.75, 3.05) is 0 Å². The molecule has 2 aromatic heterocycles. The molecule has 0 amide bonds. The summed E-state index contributed by atoms with van der Waals surface area (Å²) in [5.74, 6) is 0.0290. The monoisotopic (exact) mass is 251 g/mol. The Balaban J connectivity index is 1.90. The number of benzene rings is 1. The van der Waals surface area contributed by atoms with Crippen molar-refractivity contribution in [1.82, 2.24) is 4.98 Å². The predicted molar refractivity (Wildman–Crippen MR) is 73.2 cm³/mol. The number of ketones is 1. The second-order valence-corrected chi connectivity index (χ2v) is 4.57. The largest absolute Gasteiger partial charge is 0.464 e. The van der Waals surface area contributed by atoms with Crippen molar-refractivity contribution in [3.8, 4) is 0 Å². The first-order valence-corrected chi connectivity index (χ1v) is 6.15. The van der Waals surface area contributed by atoms with Gasteiger partial charge in [0, 0.05) is 17.3 Å². The van der Waals surface area contributed by atoms with E-state index in [1.807, 2.05) is 43.3 Å². The first kappa shape index (κ1) is 11.7. The van der Waals surface area contributed by atoms with E-state index in [2.05, 4.69) is 4.98 Å². The van der Waals surface area contributed by atoms with Crippen LogP contribution in [0.1, 0.15) is 21.6 Å². The standard InChI is InChI=1S/C16H13NO2/c1-11-6-7-12(17-9-11)8-15(18)14-10-19-16-5-3-2-4-13(14)16/h2-7,9-10H,8H2,1H3. The maximum Gasteiger partial charge on any atom is 0.172 e. The summed E-state index contributed by atoms with van der Waals surface area (Å²) in [5, 5.41) is 0.861. The third-order valence-corrected chi connectivity index (χ3v) is 3.10. The number of pyridine rings is 1. The van der Waals surface area contributed by atoms with Gasteiger partial charge in [0.15, 0.2) is 5.78 Å². The van der Waals surface area contributed by atoms with Gasteiger partial charge < -0.3 is 4.42 Å². The van der Waals surface area contributed by atoms with Crippen LogP contribution < -0.4 is 0 Å². The number of nitrogens with zero attached hydrogens (tertiary/aromatic N) is 1. The van der Waals surface area contributed by atoms with Gasteiger partial charge in [-0.05, 0) is 24.6 Å². The fourth-order valence-corrected chi connectivity index (χ4v) is 2.06. The smallest absolute Gasteiger partial charge is 0.172 e. The van der Waals surface area contributed by atoms with Crippen LogP contribution in [-0.4, -0.2) is 10.8 Å². The fraction of sp³-hybridized carbons (Fsp3) is 0.125. The van der Waals surface area contributed by atoms with E-state index in [9.17, 15) is 4.79 Å². The Kier molecular flexibility index (Phi) is 2.88. The van der Waals surface area contributed by atoms with Crippen molar-refractivity contribution in [3.05, 3.63) is 65.7 Å². The summed E-state index contributed by atoms with van der Waals surface area (Å²) in [5.41, 5.74) is 3.23. The predicted octanol–water partition coefficient (Wildman–Crippen LogP) is 3.56. The van der Waals surface area contributed by atoms with E-state index < -0.39 is 0 Å². The van der Waals surface area contributed by atoms with Crippen LogP contribution in [0.2, 0.25) is 0 Å². The highest BCUT2D eigenvalue weighted by Gasteiger charge is 2.14. The molecule has 3 heteroatoms. The third kappa shape index (κ3) is 2.27. The van der Waals surface area contributed by atoms with Crippen molar-refractivity contribution < 1.29 is 9.21 Å². The van der Waals surface area contributed by atoms with Crippen molar-refractivity contribution in [3.63, 3.8) is 0 Å². The molecular formula is C16H13NO2. The number of aromatic nitrogens is 1. The van der Waals surface area contributed by atoms with Gasteiger partial charge in [0.2, 0.25) is 0 Å². The zero-order chi connectivity index (χ0) is 13.2. The minimum absolute atomic E-state index is 0.0290.